The van der Waals surface area contributed by atoms with E-state index in [1.54, 1.807) is 7.05 Å². The molecule has 8 heteroatoms. The highest BCUT2D eigenvalue weighted by atomic mass is 127. The molecule has 1 fully saturated rings. The molecule has 0 radical (unpaired) electrons. The number of hydrogen-bond acceptors (Lipinski definition) is 3. The first-order chi connectivity index (χ1) is 12.9. The lowest BCUT2D eigenvalue weighted by Crippen LogP contribution is -2.45. The molecule has 0 saturated carbocycles. The number of rotatable bonds is 6. The fraction of sp³-hybridized carbons (Fsp3) is 0.550. The standard InChI is InChI=1S/C20H31N5O2.HI/c1-5-22-18(26)16-8-6-15(7-9-16)12-23-20(21-4)24-17-10-11-25(13-17)19(27)14(2)3;/h6-9,14,17H,5,10-13H2,1-4H3,(H,22,26)(H2,21,23,24);1H. The minimum Gasteiger partial charge on any atom is -0.352 e. The summed E-state index contributed by atoms with van der Waals surface area (Å²) in [5, 5.41) is 9.46. The van der Waals surface area contributed by atoms with Crippen molar-refractivity contribution in [2.75, 3.05) is 26.7 Å². The quantitative estimate of drug-likeness (QED) is 0.316. The van der Waals surface area contributed by atoms with Gasteiger partial charge >= 0.3 is 0 Å². The van der Waals surface area contributed by atoms with Crippen LogP contribution in [-0.2, 0) is 11.3 Å². The van der Waals surface area contributed by atoms with Gasteiger partial charge in [0.25, 0.3) is 5.91 Å². The molecule has 0 spiro atoms. The number of nitrogens with zero attached hydrogens (tertiary/aromatic N) is 2. The van der Waals surface area contributed by atoms with Gasteiger partial charge in [-0.3, -0.25) is 14.6 Å². The number of halogens is 1. The zero-order chi connectivity index (χ0) is 19.8. The highest BCUT2D eigenvalue weighted by Gasteiger charge is 2.27. The van der Waals surface area contributed by atoms with Crippen molar-refractivity contribution < 1.29 is 9.59 Å². The van der Waals surface area contributed by atoms with Crippen LogP contribution in [0.5, 0.6) is 0 Å². The van der Waals surface area contributed by atoms with Crippen LogP contribution >= 0.6 is 24.0 Å². The van der Waals surface area contributed by atoms with Crippen molar-refractivity contribution in [1.82, 2.24) is 20.9 Å². The predicted octanol–water partition coefficient (Wildman–Crippen LogP) is 1.98. The third-order valence-electron chi connectivity index (χ3n) is 4.57. The van der Waals surface area contributed by atoms with Gasteiger partial charge in [0.15, 0.2) is 5.96 Å². The van der Waals surface area contributed by atoms with E-state index < -0.39 is 0 Å². The summed E-state index contributed by atoms with van der Waals surface area (Å²) in [6, 6.07) is 7.72. The molecule has 2 rings (SSSR count). The van der Waals surface area contributed by atoms with Gasteiger partial charge in [-0.05, 0) is 31.0 Å². The maximum absolute atomic E-state index is 12.1. The Balaban J connectivity index is 0.00000392. The largest absolute Gasteiger partial charge is 0.352 e. The first kappa shape index (κ1) is 24.2. The minimum absolute atomic E-state index is 0. The minimum atomic E-state index is -0.0591. The number of carbonyl (C=O) groups is 2. The molecule has 1 heterocycles. The van der Waals surface area contributed by atoms with Gasteiger partial charge in [-0.15, -0.1) is 24.0 Å². The van der Waals surface area contributed by atoms with E-state index in [4.69, 9.17) is 0 Å². The monoisotopic (exact) mass is 501 g/mol. The molecular weight excluding hydrogens is 469 g/mol. The van der Waals surface area contributed by atoms with Crippen LogP contribution in [-0.4, -0.2) is 55.4 Å². The van der Waals surface area contributed by atoms with Crippen molar-refractivity contribution in [2.45, 2.75) is 39.8 Å². The van der Waals surface area contributed by atoms with Crippen LogP contribution in [0.1, 0.15) is 43.1 Å². The van der Waals surface area contributed by atoms with E-state index >= 15 is 0 Å². The molecule has 0 aromatic heterocycles. The van der Waals surface area contributed by atoms with Gasteiger partial charge in [0, 0.05) is 50.7 Å². The third kappa shape index (κ3) is 6.96. The number of likely N-dealkylation sites (tertiary alicyclic amines) is 1. The molecule has 1 unspecified atom stereocenters. The highest BCUT2D eigenvalue weighted by Crippen LogP contribution is 2.12. The fourth-order valence-electron chi connectivity index (χ4n) is 3.05. The van der Waals surface area contributed by atoms with Crippen LogP contribution in [0.4, 0.5) is 0 Å². The van der Waals surface area contributed by atoms with Gasteiger partial charge in [-0.1, -0.05) is 26.0 Å². The van der Waals surface area contributed by atoms with Gasteiger partial charge in [0.05, 0.1) is 0 Å². The normalized spacial score (nSPS) is 16.5. The van der Waals surface area contributed by atoms with Crippen LogP contribution in [0.3, 0.4) is 0 Å². The van der Waals surface area contributed by atoms with Crippen LogP contribution in [0, 0.1) is 5.92 Å². The van der Waals surface area contributed by atoms with Crippen molar-refractivity contribution in [3.8, 4) is 0 Å². The van der Waals surface area contributed by atoms with E-state index in [0.717, 1.165) is 18.5 Å². The Hall–Kier alpha value is -1.84. The molecule has 0 bridgehead atoms. The Morgan fingerprint density at radius 2 is 1.89 bits per heavy atom. The second kappa shape index (κ2) is 11.9. The van der Waals surface area contributed by atoms with E-state index in [-0.39, 0.29) is 47.8 Å². The maximum atomic E-state index is 12.1. The number of carbonyl (C=O) groups excluding carboxylic acids is 2. The number of nitrogens with one attached hydrogen (secondary N) is 3. The van der Waals surface area contributed by atoms with Crippen molar-refractivity contribution in [3.63, 3.8) is 0 Å². The molecule has 3 N–H and O–H groups in total. The van der Waals surface area contributed by atoms with Crippen LogP contribution in [0.2, 0.25) is 0 Å². The Morgan fingerprint density at radius 3 is 2.46 bits per heavy atom. The number of aliphatic imine (C=N–C) groups is 1. The maximum Gasteiger partial charge on any atom is 0.251 e. The first-order valence-electron chi connectivity index (χ1n) is 9.57. The molecule has 1 atom stereocenters. The van der Waals surface area contributed by atoms with Gasteiger partial charge in [-0.2, -0.15) is 0 Å². The molecule has 1 aromatic rings. The summed E-state index contributed by atoms with van der Waals surface area (Å²) in [7, 11) is 1.74. The lowest BCUT2D eigenvalue weighted by atomic mass is 10.1. The van der Waals surface area contributed by atoms with Crippen molar-refractivity contribution in [1.29, 1.82) is 0 Å². The van der Waals surface area contributed by atoms with Crippen LogP contribution < -0.4 is 16.0 Å². The lowest BCUT2D eigenvalue weighted by molar-refractivity contribution is -0.133. The first-order valence-corrected chi connectivity index (χ1v) is 9.57. The molecule has 156 valence electrons. The Kier molecular flexibility index (Phi) is 10.3. The number of benzene rings is 1. The second-order valence-corrected chi connectivity index (χ2v) is 7.05. The second-order valence-electron chi connectivity index (χ2n) is 7.05. The molecule has 7 nitrogen and oxygen atoms in total. The molecule has 1 saturated heterocycles. The molecule has 1 aliphatic heterocycles. The predicted molar refractivity (Wildman–Crippen MR) is 123 cm³/mol. The van der Waals surface area contributed by atoms with E-state index in [2.05, 4.69) is 20.9 Å². The number of guanidine groups is 1. The zero-order valence-electron chi connectivity index (χ0n) is 17.1. The summed E-state index contributed by atoms with van der Waals surface area (Å²) in [5.74, 6) is 0.890. The summed E-state index contributed by atoms with van der Waals surface area (Å²) in [6.45, 7) is 8.48. The smallest absolute Gasteiger partial charge is 0.251 e. The van der Waals surface area contributed by atoms with Gasteiger partial charge in [-0.25, -0.2) is 0 Å². The van der Waals surface area contributed by atoms with Crippen molar-refractivity contribution in [2.24, 2.45) is 10.9 Å². The van der Waals surface area contributed by atoms with E-state index in [1.165, 1.54) is 0 Å². The molecule has 2 amide bonds. The SMILES string of the molecule is CCNC(=O)c1ccc(CNC(=NC)NC2CCN(C(=O)C(C)C)C2)cc1.I. The van der Waals surface area contributed by atoms with E-state index in [0.29, 0.717) is 31.2 Å². The Labute approximate surface area is 184 Å². The zero-order valence-corrected chi connectivity index (χ0v) is 19.4. The lowest BCUT2D eigenvalue weighted by Gasteiger charge is -2.20. The summed E-state index contributed by atoms with van der Waals surface area (Å²) < 4.78 is 0. The fourth-order valence-corrected chi connectivity index (χ4v) is 3.05. The summed E-state index contributed by atoms with van der Waals surface area (Å²) in [4.78, 5) is 30.1. The molecule has 0 aliphatic carbocycles. The highest BCUT2D eigenvalue weighted by molar-refractivity contribution is 14.0. The average Bonchev–Trinajstić information content (AvgIpc) is 3.13. The number of hydrogen-bond donors (Lipinski definition) is 3. The number of amides is 2. The molecule has 28 heavy (non-hydrogen) atoms. The Bertz CT molecular complexity index is 676. The van der Waals surface area contributed by atoms with Crippen molar-refractivity contribution >= 4 is 41.8 Å². The summed E-state index contributed by atoms with van der Waals surface area (Å²) in [5.41, 5.74) is 1.72. The van der Waals surface area contributed by atoms with Gasteiger partial charge in [0.1, 0.15) is 0 Å². The van der Waals surface area contributed by atoms with Crippen molar-refractivity contribution in [3.05, 3.63) is 35.4 Å². The topological polar surface area (TPSA) is 85.8 Å². The average molecular weight is 501 g/mol. The van der Waals surface area contributed by atoms with Gasteiger partial charge in [0.2, 0.25) is 5.91 Å². The Morgan fingerprint density at radius 1 is 1.21 bits per heavy atom. The molecule has 1 aromatic carbocycles. The van der Waals surface area contributed by atoms with Crippen LogP contribution in [0.25, 0.3) is 0 Å². The van der Waals surface area contributed by atoms with Crippen LogP contribution in [0.15, 0.2) is 29.3 Å². The summed E-state index contributed by atoms with van der Waals surface area (Å²) in [6.07, 6.45) is 0.917. The summed E-state index contributed by atoms with van der Waals surface area (Å²) >= 11 is 0. The van der Waals surface area contributed by atoms with E-state index in [1.807, 2.05) is 49.9 Å². The van der Waals surface area contributed by atoms with E-state index in [9.17, 15) is 9.59 Å². The third-order valence-corrected chi connectivity index (χ3v) is 4.57. The molecular formula is C20H32IN5O2. The van der Waals surface area contributed by atoms with Gasteiger partial charge < -0.3 is 20.9 Å². The molecule has 1 aliphatic rings.